The second-order valence-corrected chi connectivity index (χ2v) is 4.50. The highest BCUT2D eigenvalue weighted by molar-refractivity contribution is 7.09. The molecule has 0 atom stereocenters. The lowest BCUT2D eigenvalue weighted by Gasteiger charge is -2.00. The summed E-state index contributed by atoms with van der Waals surface area (Å²) in [5, 5.41) is 11.5. The van der Waals surface area contributed by atoms with Gasteiger partial charge in [-0.15, -0.1) is 0 Å². The lowest BCUT2D eigenvalue weighted by atomic mass is 10.2. The molecule has 8 heteroatoms. The lowest BCUT2D eigenvalue weighted by Crippen LogP contribution is -2.13. The molecular weight excluding hydrogens is 280 g/mol. The van der Waals surface area contributed by atoms with Crippen LogP contribution in [0.5, 0.6) is 0 Å². The Morgan fingerprint density at radius 1 is 1.40 bits per heavy atom. The van der Waals surface area contributed by atoms with E-state index in [-0.39, 0.29) is 5.69 Å². The average Bonchev–Trinajstić information content (AvgIpc) is 2.82. The minimum absolute atomic E-state index is 0.213. The summed E-state index contributed by atoms with van der Waals surface area (Å²) in [6.07, 6.45) is 3.81. The molecule has 2 N–H and O–H groups in total. The van der Waals surface area contributed by atoms with Gasteiger partial charge in [-0.05, 0) is 24.6 Å². The van der Waals surface area contributed by atoms with E-state index < -0.39 is 11.9 Å². The molecule has 0 saturated heterocycles. The van der Waals surface area contributed by atoms with Gasteiger partial charge in [0.05, 0.1) is 0 Å². The molecule has 20 heavy (non-hydrogen) atoms. The van der Waals surface area contributed by atoms with Crippen LogP contribution in [0.15, 0.2) is 24.4 Å². The molecule has 2 aromatic rings. The molecule has 2 heterocycles. The van der Waals surface area contributed by atoms with E-state index in [0.29, 0.717) is 16.5 Å². The highest BCUT2D eigenvalue weighted by atomic mass is 32.1. The number of carboxylic acid groups (broad SMARTS) is 1. The number of aryl methyl sites for hydroxylation is 1. The second kappa shape index (κ2) is 6.02. The number of anilines is 1. The van der Waals surface area contributed by atoms with Crippen LogP contribution in [-0.4, -0.2) is 31.3 Å². The number of hydrogen-bond acceptors (Lipinski definition) is 6. The second-order valence-electron chi connectivity index (χ2n) is 3.75. The molecule has 0 fully saturated rings. The van der Waals surface area contributed by atoms with Crippen LogP contribution in [0.3, 0.4) is 0 Å². The number of nitrogens with one attached hydrogen (secondary N) is 1. The summed E-state index contributed by atoms with van der Waals surface area (Å²) in [6, 6.07) is 3.11. The van der Waals surface area contributed by atoms with Crippen molar-refractivity contribution in [3.05, 3.63) is 41.5 Å². The van der Waals surface area contributed by atoms with E-state index in [1.54, 1.807) is 13.0 Å². The minimum atomic E-state index is -1.04. The number of rotatable bonds is 4. The van der Waals surface area contributed by atoms with Gasteiger partial charge in [-0.1, -0.05) is 6.07 Å². The van der Waals surface area contributed by atoms with E-state index in [1.165, 1.54) is 18.3 Å². The number of amides is 1. The Balaban J connectivity index is 2.05. The van der Waals surface area contributed by atoms with E-state index >= 15 is 0 Å². The number of carboxylic acids is 1. The first-order chi connectivity index (χ1) is 9.54. The molecule has 2 aromatic heterocycles. The molecule has 0 aliphatic rings. The maximum atomic E-state index is 11.9. The summed E-state index contributed by atoms with van der Waals surface area (Å²) in [7, 11) is 0. The molecule has 0 radical (unpaired) electrons. The molecule has 0 spiro atoms. The van der Waals surface area contributed by atoms with E-state index in [4.69, 9.17) is 5.11 Å². The molecule has 7 nitrogen and oxygen atoms in total. The fourth-order valence-corrected chi connectivity index (χ4v) is 1.89. The Labute approximate surface area is 118 Å². The Bertz CT molecular complexity index is 664. The van der Waals surface area contributed by atoms with Crippen LogP contribution in [0.25, 0.3) is 6.08 Å². The van der Waals surface area contributed by atoms with Gasteiger partial charge in [-0.2, -0.15) is 4.37 Å². The van der Waals surface area contributed by atoms with Gasteiger partial charge in [-0.25, -0.2) is 9.78 Å². The number of hydrogen-bond donors (Lipinski definition) is 2. The molecule has 2 rings (SSSR count). The van der Waals surface area contributed by atoms with Gasteiger partial charge >= 0.3 is 5.97 Å². The van der Waals surface area contributed by atoms with Crippen LogP contribution in [0.4, 0.5) is 5.13 Å². The maximum absolute atomic E-state index is 11.9. The lowest BCUT2D eigenvalue weighted by molar-refractivity contribution is -0.131. The van der Waals surface area contributed by atoms with Gasteiger partial charge in [0.1, 0.15) is 11.5 Å². The van der Waals surface area contributed by atoms with Gasteiger partial charge < -0.3 is 5.11 Å². The molecule has 0 unspecified atom stereocenters. The van der Waals surface area contributed by atoms with Crippen LogP contribution >= 0.6 is 11.5 Å². The van der Waals surface area contributed by atoms with E-state index in [1.807, 2.05) is 0 Å². The summed E-state index contributed by atoms with van der Waals surface area (Å²) < 4.78 is 3.95. The zero-order valence-electron chi connectivity index (χ0n) is 10.4. The van der Waals surface area contributed by atoms with Gasteiger partial charge in [0.15, 0.2) is 0 Å². The number of pyridine rings is 1. The predicted molar refractivity (Wildman–Crippen MR) is 73.5 cm³/mol. The molecular formula is C12H10N4O3S. The highest BCUT2D eigenvalue weighted by Gasteiger charge is 2.09. The molecule has 0 saturated carbocycles. The molecule has 1 amide bonds. The Morgan fingerprint density at radius 2 is 2.20 bits per heavy atom. The standard InChI is InChI=1S/C12H10N4O3S/c1-7-14-12(20-16-7)15-11(19)9-4-2-8(6-13-9)3-5-10(17)18/h2-6H,1H3,(H,17,18)(H,14,15,16,19)/b5-3+. The summed E-state index contributed by atoms with van der Waals surface area (Å²) in [5.41, 5.74) is 0.807. The first kappa shape index (κ1) is 13.8. The van der Waals surface area contributed by atoms with Crippen molar-refractivity contribution in [1.29, 1.82) is 0 Å². The summed E-state index contributed by atoms with van der Waals surface area (Å²) in [4.78, 5) is 30.2. The van der Waals surface area contributed by atoms with Crippen LogP contribution in [-0.2, 0) is 4.79 Å². The number of carbonyl (C=O) groups excluding carboxylic acids is 1. The zero-order valence-corrected chi connectivity index (χ0v) is 11.2. The third-order valence-electron chi connectivity index (χ3n) is 2.19. The Hall–Kier alpha value is -2.61. The van der Waals surface area contributed by atoms with Gasteiger partial charge in [0.25, 0.3) is 5.91 Å². The third-order valence-corrected chi connectivity index (χ3v) is 2.91. The van der Waals surface area contributed by atoms with Crippen molar-refractivity contribution in [3.8, 4) is 0 Å². The third kappa shape index (κ3) is 3.69. The number of nitrogens with zero attached hydrogens (tertiary/aromatic N) is 3. The van der Waals surface area contributed by atoms with Gasteiger partial charge in [0, 0.05) is 23.8 Å². The monoisotopic (exact) mass is 290 g/mol. The fourth-order valence-electron chi connectivity index (χ4n) is 1.31. The van der Waals surface area contributed by atoms with Crippen LogP contribution in [0.2, 0.25) is 0 Å². The van der Waals surface area contributed by atoms with Crippen LogP contribution < -0.4 is 5.32 Å². The molecule has 0 aliphatic carbocycles. The average molecular weight is 290 g/mol. The van der Waals surface area contributed by atoms with Crippen molar-refractivity contribution in [1.82, 2.24) is 14.3 Å². The molecule has 102 valence electrons. The van der Waals surface area contributed by atoms with Crippen molar-refractivity contribution in [3.63, 3.8) is 0 Å². The van der Waals surface area contributed by atoms with Gasteiger partial charge in [-0.3, -0.25) is 15.1 Å². The zero-order chi connectivity index (χ0) is 14.5. The minimum Gasteiger partial charge on any atom is -0.478 e. The smallest absolute Gasteiger partial charge is 0.328 e. The van der Waals surface area contributed by atoms with E-state index in [0.717, 1.165) is 17.6 Å². The number of carbonyl (C=O) groups is 2. The predicted octanol–water partition coefficient (Wildman–Crippen LogP) is 1.59. The SMILES string of the molecule is Cc1nsc(NC(=O)c2ccc(/C=C/C(=O)O)cn2)n1. The highest BCUT2D eigenvalue weighted by Crippen LogP contribution is 2.11. The normalized spacial score (nSPS) is 10.7. The van der Waals surface area contributed by atoms with Crippen molar-refractivity contribution >= 4 is 34.6 Å². The maximum Gasteiger partial charge on any atom is 0.328 e. The quantitative estimate of drug-likeness (QED) is 0.828. The van der Waals surface area contributed by atoms with Crippen molar-refractivity contribution in [2.24, 2.45) is 0 Å². The summed E-state index contributed by atoms with van der Waals surface area (Å²) in [6.45, 7) is 1.73. The number of aliphatic carboxylic acids is 1. The van der Waals surface area contributed by atoms with Gasteiger partial charge in [0.2, 0.25) is 5.13 Å². The largest absolute Gasteiger partial charge is 0.478 e. The van der Waals surface area contributed by atoms with Crippen molar-refractivity contribution in [2.75, 3.05) is 5.32 Å². The topological polar surface area (TPSA) is 105 Å². The number of aromatic nitrogens is 3. The van der Waals surface area contributed by atoms with E-state index in [2.05, 4.69) is 19.7 Å². The fraction of sp³-hybridized carbons (Fsp3) is 0.0833. The molecule has 0 aromatic carbocycles. The van der Waals surface area contributed by atoms with Crippen LogP contribution in [0.1, 0.15) is 21.9 Å². The Morgan fingerprint density at radius 3 is 2.75 bits per heavy atom. The summed E-state index contributed by atoms with van der Waals surface area (Å²) >= 11 is 1.09. The summed E-state index contributed by atoms with van der Waals surface area (Å²) in [5.74, 6) is -0.846. The van der Waals surface area contributed by atoms with Crippen LogP contribution in [0, 0.1) is 6.92 Å². The van der Waals surface area contributed by atoms with Crippen molar-refractivity contribution in [2.45, 2.75) is 6.92 Å². The van der Waals surface area contributed by atoms with E-state index in [9.17, 15) is 9.59 Å². The molecule has 0 aliphatic heterocycles. The Kier molecular flexibility index (Phi) is 4.16. The first-order valence-electron chi connectivity index (χ1n) is 5.53. The molecule has 0 bridgehead atoms. The first-order valence-corrected chi connectivity index (χ1v) is 6.30. The van der Waals surface area contributed by atoms with Crippen molar-refractivity contribution < 1.29 is 14.7 Å².